The predicted molar refractivity (Wildman–Crippen MR) is 187 cm³/mol. The average molecular weight is 633 g/mol. The van der Waals surface area contributed by atoms with Crippen molar-refractivity contribution in [1.82, 2.24) is 29.9 Å². The molecule has 0 saturated carbocycles. The predicted octanol–water partition coefficient (Wildman–Crippen LogP) is 7.22. The highest BCUT2D eigenvalue weighted by Crippen LogP contribution is 2.26. The molecule has 0 amide bonds. The minimum atomic E-state index is -1.09. The Hall–Kier alpha value is -7.29. The Balaban J connectivity index is 1.31. The zero-order chi connectivity index (χ0) is 33.4. The van der Waals surface area contributed by atoms with E-state index in [0.717, 1.165) is 11.1 Å². The van der Waals surface area contributed by atoms with Crippen molar-refractivity contribution in [3.05, 3.63) is 168 Å². The van der Waals surface area contributed by atoms with Gasteiger partial charge in [0.2, 0.25) is 0 Å². The number of pyridine rings is 6. The molecule has 8 heteroatoms. The van der Waals surface area contributed by atoms with Crippen LogP contribution in [0.4, 0.5) is 0 Å². The minimum Gasteiger partial charge on any atom is -0.478 e. The molecule has 0 radical (unpaired) electrons. The van der Waals surface area contributed by atoms with Crippen LogP contribution in [0.25, 0.3) is 45.3 Å². The van der Waals surface area contributed by atoms with Gasteiger partial charge >= 0.3 is 5.97 Å². The van der Waals surface area contributed by atoms with E-state index in [1.54, 1.807) is 43.2 Å². The zero-order valence-electron chi connectivity index (χ0n) is 25.8. The lowest BCUT2D eigenvalue weighted by Gasteiger charge is -2.07. The van der Waals surface area contributed by atoms with Crippen LogP contribution >= 0.6 is 0 Å². The van der Waals surface area contributed by atoms with E-state index in [0.29, 0.717) is 56.4 Å². The molecule has 1 N–H and O–H groups in total. The maximum atomic E-state index is 12.2. The minimum absolute atomic E-state index is 0.0683. The van der Waals surface area contributed by atoms with E-state index < -0.39 is 5.97 Å². The van der Waals surface area contributed by atoms with Crippen molar-refractivity contribution >= 4 is 5.97 Å². The Morgan fingerprint density at radius 3 is 1.22 bits per heavy atom. The Morgan fingerprint density at radius 1 is 0.449 bits per heavy atom. The summed E-state index contributed by atoms with van der Waals surface area (Å²) < 4.78 is 0. The third-order valence-electron chi connectivity index (χ3n) is 7.41. The van der Waals surface area contributed by atoms with Crippen LogP contribution in [0.3, 0.4) is 0 Å². The Labute approximate surface area is 282 Å². The van der Waals surface area contributed by atoms with Gasteiger partial charge in [0.05, 0.1) is 39.7 Å². The molecule has 6 heterocycles. The maximum Gasteiger partial charge on any atom is 0.335 e. The largest absolute Gasteiger partial charge is 0.478 e. The summed E-state index contributed by atoms with van der Waals surface area (Å²) in [6, 6.07) is 31.1. The van der Waals surface area contributed by atoms with Gasteiger partial charge in [-0.2, -0.15) is 0 Å². The number of nitrogens with zero attached hydrogens (tertiary/aromatic N) is 6. The van der Waals surface area contributed by atoms with E-state index in [4.69, 9.17) is 0 Å². The van der Waals surface area contributed by atoms with Gasteiger partial charge in [-0.3, -0.25) is 29.9 Å². The molecule has 8 nitrogen and oxygen atoms in total. The van der Waals surface area contributed by atoms with Gasteiger partial charge in [-0.25, -0.2) is 4.79 Å². The fraction of sp³-hybridized carbons (Fsp3) is 0. The molecule has 0 bridgehead atoms. The number of aromatic nitrogens is 6. The molecule has 0 aliphatic heterocycles. The van der Waals surface area contributed by atoms with Crippen molar-refractivity contribution in [3.63, 3.8) is 0 Å². The summed E-state index contributed by atoms with van der Waals surface area (Å²) in [6.07, 6.45) is 10.3. The summed E-state index contributed by atoms with van der Waals surface area (Å²) in [6.45, 7) is 0. The number of carboxylic acids is 1. The zero-order valence-corrected chi connectivity index (χ0v) is 25.8. The van der Waals surface area contributed by atoms with Crippen LogP contribution in [0.15, 0.2) is 140 Å². The molecule has 0 spiro atoms. The molecule has 0 aliphatic rings. The molecular formula is C41H24N6O2. The molecule has 0 aliphatic carbocycles. The Kier molecular flexibility index (Phi) is 8.68. The lowest BCUT2D eigenvalue weighted by Crippen LogP contribution is -1.98. The van der Waals surface area contributed by atoms with Gasteiger partial charge in [0.15, 0.2) is 0 Å². The quantitative estimate of drug-likeness (QED) is 0.198. The van der Waals surface area contributed by atoms with E-state index in [1.165, 1.54) is 12.1 Å². The first-order chi connectivity index (χ1) is 24.1. The van der Waals surface area contributed by atoms with Crippen LogP contribution in [0.5, 0.6) is 0 Å². The molecule has 7 rings (SSSR count). The summed E-state index contributed by atoms with van der Waals surface area (Å²) in [5, 5.41) is 9.97. The second-order valence-corrected chi connectivity index (χ2v) is 10.7. The lowest BCUT2D eigenvalue weighted by atomic mass is 10.0. The summed E-state index contributed by atoms with van der Waals surface area (Å²) in [5.41, 5.74) is 8.00. The number of carbonyl (C=O) groups is 1. The molecule has 1 aromatic carbocycles. The van der Waals surface area contributed by atoms with Crippen molar-refractivity contribution in [3.8, 4) is 69.0 Å². The van der Waals surface area contributed by atoms with Crippen molar-refractivity contribution in [1.29, 1.82) is 0 Å². The number of hydrogen-bond acceptors (Lipinski definition) is 7. The van der Waals surface area contributed by atoms with E-state index >= 15 is 0 Å². The molecule has 0 unspecified atom stereocenters. The smallest absolute Gasteiger partial charge is 0.335 e. The Morgan fingerprint density at radius 2 is 0.857 bits per heavy atom. The molecule has 0 fully saturated rings. The van der Waals surface area contributed by atoms with Crippen LogP contribution in [0.1, 0.15) is 32.6 Å². The number of hydrogen-bond donors (Lipinski definition) is 1. The number of benzene rings is 1. The summed E-state index contributed by atoms with van der Waals surface area (Å²) in [4.78, 5) is 39.3. The van der Waals surface area contributed by atoms with Gasteiger partial charge in [0.25, 0.3) is 0 Å². The fourth-order valence-electron chi connectivity index (χ4n) is 5.05. The van der Waals surface area contributed by atoms with Gasteiger partial charge in [-0.05, 0) is 78.9 Å². The van der Waals surface area contributed by atoms with E-state index in [2.05, 4.69) is 53.6 Å². The molecule has 0 saturated heterocycles. The van der Waals surface area contributed by atoms with Crippen molar-refractivity contribution in [2.75, 3.05) is 0 Å². The topological polar surface area (TPSA) is 115 Å². The molecule has 49 heavy (non-hydrogen) atoms. The van der Waals surface area contributed by atoms with Gasteiger partial charge in [0, 0.05) is 70.6 Å². The van der Waals surface area contributed by atoms with Crippen LogP contribution in [-0.4, -0.2) is 41.0 Å². The van der Waals surface area contributed by atoms with Crippen LogP contribution in [0.2, 0.25) is 0 Å². The van der Waals surface area contributed by atoms with E-state index in [-0.39, 0.29) is 5.56 Å². The monoisotopic (exact) mass is 632 g/mol. The Bertz CT molecular complexity index is 2250. The van der Waals surface area contributed by atoms with Crippen LogP contribution in [0, 0.1) is 23.7 Å². The molecule has 230 valence electrons. The molecule has 0 atom stereocenters. The van der Waals surface area contributed by atoms with Crippen molar-refractivity contribution in [2.45, 2.75) is 0 Å². The summed E-state index contributed by atoms with van der Waals surface area (Å²) in [5.74, 6) is 11.7. The third kappa shape index (κ3) is 7.10. The highest BCUT2D eigenvalue weighted by molar-refractivity contribution is 5.89. The normalized spacial score (nSPS) is 10.3. The summed E-state index contributed by atoms with van der Waals surface area (Å²) in [7, 11) is 0. The molecule has 7 aromatic rings. The van der Waals surface area contributed by atoms with Gasteiger partial charge in [-0.1, -0.05) is 47.9 Å². The first-order valence-corrected chi connectivity index (χ1v) is 15.2. The van der Waals surface area contributed by atoms with E-state index in [1.807, 2.05) is 84.9 Å². The van der Waals surface area contributed by atoms with Crippen LogP contribution < -0.4 is 0 Å². The SMILES string of the molecule is O=C(O)c1cc(C#Cc2cc(-c3ccccn3)ncc2-c2ccccn2)cc(C#Cc2cc(-c3ccccn3)ncc2-c2ccccn2)c1. The van der Waals surface area contributed by atoms with E-state index in [9.17, 15) is 9.90 Å². The third-order valence-corrected chi connectivity index (χ3v) is 7.41. The van der Waals surface area contributed by atoms with Gasteiger partial charge in [0.1, 0.15) is 0 Å². The first-order valence-electron chi connectivity index (χ1n) is 15.2. The second-order valence-electron chi connectivity index (χ2n) is 10.7. The standard InChI is InChI=1S/C41H24N6O2/c48-41(49)32-22-28(13-15-30-24-39(37-11-3-7-19-44-37)46-26-33(30)35-9-1-5-17-42-35)21-29(23-32)14-16-31-25-40(38-12-4-8-20-45-38)47-27-34(31)36-10-2-6-18-43-36/h1-12,17-27H,(H,48,49). The van der Waals surface area contributed by atoms with Crippen molar-refractivity contribution < 1.29 is 9.90 Å². The summed E-state index contributed by atoms with van der Waals surface area (Å²) >= 11 is 0. The number of aromatic carboxylic acids is 1. The van der Waals surface area contributed by atoms with Gasteiger partial charge in [-0.15, -0.1) is 0 Å². The highest BCUT2D eigenvalue weighted by atomic mass is 16.4. The number of carboxylic acid groups (broad SMARTS) is 1. The second kappa shape index (κ2) is 14.0. The van der Waals surface area contributed by atoms with Crippen molar-refractivity contribution in [2.24, 2.45) is 0 Å². The average Bonchev–Trinajstić information content (AvgIpc) is 3.17. The van der Waals surface area contributed by atoms with Crippen LogP contribution in [-0.2, 0) is 0 Å². The molecule has 6 aromatic heterocycles. The lowest BCUT2D eigenvalue weighted by molar-refractivity contribution is 0.0696. The highest BCUT2D eigenvalue weighted by Gasteiger charge is 2.12. The molecular weight excluding hydrogens is 608 g/mol. The maximum absolute atomic E-state index is 12.2. The number of rotatable bonds is 5. The van der Waals surface area contributed by atoms with Gasteiger partial charge < -0.3 is 5.11 Å². The fourth-order valence-corrected chi connectivity index (χ4v) is 5.05. The first kappa shape index (κ1) is 30.4.